The van der Waals surface area contributed by atoms with E-state index in [0.29, 0.717) is 17.5 Å². The van der Waals surface area contributed by atoms with Crippen LogP contribution in [0.4, 0.5) is 0 Å². The predicted octanol–water partition coefficient (Wildman–Crippen LogP) is 11.5. The van der Waals surface area contributed by atoms with Gasteiger partial charge in [-0.05, 0) is 84.3 Å². The fraction of sp³-hybridized carbons (Fsp3) is 0.0208. The third kappa shape index (κ3) is 3.97. The zero-order chi connectivity index (χ0) is 33.5. The maximum atomic E-state index is 5.25. The molecule has 236 valence electrons. The van der Waals surface area contributed by atoms with E-state index in [1.165, 1.54) is 55.3 Å². The van der Waals surface area contributed by atoms with Crippen molar-refractivity contribution >= 4 is 21.5 Å². The van der Waals surface area contributed by atoms with Crippen LogP contribution in [0.15, 0.2) is 176 Å². The Morgan fingerprint density at radius 2 is 0.824 bits per heavy atom. The molecule has 0 saturated carbocycles. The van der Waals surface area contributed by atoms with Crippen LogP contribution in [0.25, 0.3) is 78.0 Å². The molecule has 1 aromatic heterocycles. The second kappa shape index (κ2) is 10.6. The van der Waals surface area contributed by atoms with Crippen LogP contribution in [-0.2, 0) is 5.41 Å². The van der Waals surface area contributed by atoms with Crippen LogP contribution in [0.3, 0.4) is 0 Å². The number of aromatic nitrogens is 3. The summed E-state index contributed by atoms with van der Waals surface area (Å²) in [5.41, 5.74) is 12.7. The lowest BCUT2D eigenvalue weighted by Gasteiger charge is -2.31. The molecule has 2 aliphatic rings. The highest BCUT2D eigenvalue weighted by Crippen LogP contribution is 2.63. The zero-order valence-corrected chi connectivity index (χ0v) is 27.6. The summed E-state index contributed by atoms with van der Waals surface area (Å²) in [6.07, 6.45) is 0. The minimum absolute atomic E-state index is 0.481. The molecule has 1 unspecified atom stereocenters. The second-order valence-electron chi connectivity index (χ2n) is 13.5. The summed E-state index contributed by atoms with van der Waals surface area (Å²) in [5, 5.41) is 4.77. The van der Waals surface area contributed by atoms with E-state index in [1.807, 2.05) is 18.2 Å². The van der Waals surface area contributed by atoms with Crippen molar-refractivity contribution in [3.05, 3.63) is 198 Å². The van der Waals surface area contributed by atoms with Crippen LogP contribution in [-0.4, -0.2) is 15.0 Å². The first-order chi connectivity index (χ1) is 25.3. The Morgan fingerprint density at radius 1 is 0.294 bits per heavy atom. The zero-order valence-electron chi connectivity index (χ0n) is 27.6. The van der Waals surface area contributed by atoms with Gasteiger partial charge >= 0.3 is 0 Å². The van der Waals surface area contributed by atoms with Crippen LogP contribution in [0, 0.1) is 0 Å². The Bertz CT molecular complexity index is 2870. The average molecular weight is 648 g/mol. The molecule has 0 fully saturated rings. The standard InChI is InChI=1S/C48H29N3/c1-2-14-31(15-3-1)45-49-46(51-47(50-45)39-22-12-18-30-13-6-7-19-35(30)39)34-25-26-38-36-20-8-10-23-41(36)48(43(38)29-34)42-24-11-9-21-37(42)40-27-32-16-4-5-17-33(32)28-44(40)48/h1-29H. The van der Waals surface area contributed by atoms with Gasteiger partial charge in [0.1, 0.15) is 0 Å². The molecule has 2 aliphatic carbocycles. The van der Waals surface area contributed by atoms with E-state index < -0.39 is 5.41 Å². The molecule has 0 N–H and O–H groups in total. The fourth-order valence-electron chi connectivity index (χ4n) is 8.72. The van der Waals surface area contributed by atoms with Crippen LogP contribution < -0.4 is 0 Å². The Hall–Kier alpha value is -6.71. The summed E-state index contributed by atoms with van der Waals surface area (Å²) in [6, 6.07) is 63.2. The number of hydrogen-bond donors (Lipinski definition) is 0. The van der Waals surface area contributed by atoms with Crippen LogP contribution in [0.1, 0.15) is 22.3 Å². The highest BCUT2D eigenvalue weighted by Gasteiger charge is 2.51. The summed E-state index contributed by atoms with van der Waals surface area (Å²) < 4.78 is 0. The summed E-state index contributed by atoms with van der Waals surface area (Å²) in [6.45, 7) is 0. The quantitative estimate of drug-likeness (QED) is 0.192. The van der Waals surface area contributed by atoms with Crippen molar-refractivity contribution in [3.63, 3.8) is 0 Å². The number of nitrogens with zero attached hydrogens (tertiary/aromatic N) is 3. The topological polar surface area (TPSA) is 38.7 Å². The Kier molecular flexibility index (Phi) is 5.88. The smallest absolute Gasteiger partial charge is 0.164 e. The molecule has 0 radical (unpaired) electrons. The monoisotopic (exact) mass is 647 g/mol. The lowest BCUT2D eigenvalue weighted by Crippen LogP contribution is -2.26. The molecule has 0 aliphatic heterocycles. The maximum absolute atomic E-state index is 5.25. The van der Waals surface area contributed by atoms with Gasteiger partial charge in [-0.3, -0.25) is 0 Å². The number of benzene rings is 8. The Labute approximate surface area is 295 Å². The van der Waals surface area contributed by atoms with E-state index in [2.05, 4.69) is 158 Å². The van der Waals surface area contributed by atoms with Gasteiger partial charge in [-0.25, -0.2) is 15.0 Å². The molecule has 3 nitrogen and oxygen atoms in total. The van der Waals surface area contributed by atoms with Crippen molar-refractivity contribution in [1.29, 1.82) is 0 Å². The van der Waals surface area contributed by atoms with Gasteiger partial charge in [-0.1, -0.05) is 158 Å². The summed E-state index contributed by atoms with van der Waals surface area (Å²) in [7, 11) is 0. The maximum Gasteiger partial charge on any atom is 0.164 e. The largest absolute Gasteiger partial charge is 0.208 e. The van der Waals surface area contributed by atoms with Crippen LogP contribution in [0.5, 0.6) is 0 Å². The lowest BCUT2D eigenvalue weighted by atomic mass is 9.70. The molecule has 51 heavy (non-hydrogen) atoms. The first-order valence-electron chi connectivity index (χ1n) is 17.4. The second-order valence-corrected chi connectivity index (χ2v) is 13.5. The summed E-state index contributed by atoms with van der Waals surface area (Å²) in [4.78, 5) is 15.5. The molecule has 8 aromatic carbocycles. The van der Waals surface area contributed by atoms with Gasteiger partial charge in [0.2, 0.25) is 0 Å². The molecule has 0 bridgehead atoms. The van der Waals surface area contributed by atoms with Crippen molar-refractivity contribution in [2.24, 2.45) is 0 Å². The van der Waals surface area contributed by atoms with E-state index in [9.17, 15) is 0 Å². The molecule has 0 amide bonds. The fourth-order valence-corrected chi connectivity index (χ4v) is 8.72. The van der Waals surface area contributed by atoms with Crippen molar-refractivity contribution in [3.8, 4) is 56.4 Å². The normalized spacial score (nSPS) is 15.1. The lowest BCUT2D eigenvalue weighted by molar-refractivity contribution is 0.795. The molecule has 1 heterocycles. The van der Waals surface area contributed by atoms with Crippen molar-refractivity contribution in [1.82, 2.24) is 15.0 Å². The third-order valence-electron chi connectivity index (χ3n) is 10.9. The molecule has 3 heteroatoms. The minimum Gasteiger partial charge on any atom is -0.208 e. The molecule has 1 atom stereocenters. The SMILES string of the molecule is c1ccc(-c2nc(-c3ccc4c(c3)C3(c5ccccc5-4)c4ccccc4-c4cc5ccccc5cc43)nc(-c3cccc4ccccc34)n2)cc1. The predicted molar refractivity (Wildman–Crippen MR) is 207 cm³/mol. The van der Waals surface area contributed by atoms with Gasteiger partial charge in [0.05, 0.1) is 5.41 Å². The van der Waals surface area contributed by atoms with Crippen molar-refractivity contribution in [2.45, 2.75) is 5.41 Å². The van der Waals surface area contributed by atoms with E-state index >= 15 is 0 Å². The number of rotatable bonds is 3. The molecule has 1 spiro atoms. The highest BCUT2D eigenvalue weighted by molar-refractivity contribution is 6.00. The number of hydrogen-bond acceptors (Lipinski definition) is 3. The molecule has 11 rings (SSSR count). The van der Waals surface area contributed by atoms with Gasteiger partial charge in [0.25, 0.3) is 0 Å². The first-order valence-corrected chi connectivity index (χ1v) is 17.4. The van der Waals surface area contributed by atoms with Gasteiger partial charge < -0.3 is 0 Å². The minimum atomic E-state index is -0.481. The highest BCUT2D eigenvalue weighted by atomic mass is 15.0. The summed E-state index contributed by atoms with van der Waals surface area (Å²) >= 11 is 0. The van der Waals surface area contributed by atoms with Crippen LogP contribution in [0.2, 0.25) is 0 Å². The van der Waals surface area contributed by atoms with Gasteiger partial charge in [-0.15, -0.1) is 0 Å². The Morgan fingerprint density at radius 3 is 1.61 bits per heavy atom. The van der Waals surface area contributed by atoms with Crippen LogP contribution >= 0.6 is 0 Å². The van der Waals surface area contributed by atoms with E-state index in [-0.39, 0.29) is 0 Å². The van der Waals surface area contributed by atoms with E-state index in [1.54, 1.807) is 0 Å². The van der Waals surface area contributed by atoms with E-state index in [0.717, 1.165) is 27.5 Å². The Balaban J connectivity index is 1.20. The number of fused-ring (bicyclic) bond motifs is 12. The molecular formula is C48H29N3. The third-order valence-corrected chi connectivity index (χ3v) is 10.9. The molecule has 9 aromatic rings. The van der Waals surface area contributed by atoms with Gasteiger partial charge in [0.15, 0.2) is 17.5 Å². The average Bonchev–Trinajstić information content (AvgIpc) is 3.66. The van der Waals surface area contributed by atoms with Gasteiger partial charge in [-0.2, -0.15) is 0 Å². The van der Waals surface area contributed by atoms with Crippen molar-refractivity contribution in [2.75, 3.05) is 0 Å². The molecular weight excluding hydrogens is 619 g/mol. The van der Waals surface area contributed by atoms with Crippen molar-refractivity contribution < 1.29 is 0 Å². The van der Waals surface area contributed by atoms with E-state index in [4.69, 9.17) is 15.0 Å². The first kappa shape index (κ1) is 28.2. The molecule has 0 saturated heterocycles. The van der Waals surface area contributed by atoms with Gasteiger partial charge in [0, 0.05) is 16.7 Å². The summed E-state index contributed by atoms with van der Waals surface area (Å²) in [5.74, 6) is 1.98.